The van der Waals surface area contributed by atoms with Crippen LogP contribution in [-0.4, -0.2) is 15.9 Å². The van der Waals surface area contributed by atoms with E-state index >= 15 is 0 Å². The monoisotopic (exact) mass is 561 g/mol. The summed E-state index contributed by atoms with van der Waals surface area (Å²) in [6.07, 6.45) is -3.36. The van der Waals surface area contributed by atoms with E-state index in [0.29, 0.717) is 32.7 Å². The molecule has 1 aliphatic heterocycles. The molecule has 194 valence electrons. The molecule has 12 heteroatoms. The molecule has 0 saturated carbocycles. The van der Waals surface area contributed by atoms with Crippen LogP contribution >= 0.6 is 23.2 Å². The molecule has 5 rings (SSSR count). The number of nitrogens with one attached hydrogen (secondary N) is 2. The maximum Gasteiger partial charge on any atom is 0.416 e. The van der Waals surface area contributed by atoms with Crippen LogP contribution in [0.1, 0.15) is 38.9 Å². The molecule has 0 bridgehead atoms. The molecule has 0 aliphatic carbocycles. The van der Waals surface area contributed by atoms with Gasteiger partial charge >= 0.3 is 6.18 Å². The first-order valence-electron chi connectivity index (χ1n) is 11.0. The van der Waals surface area contributed by atoms with Crippen LogP contribution in [0.15, 0.2) is 71.7 Å². The predicted molar refractivity (Wildman–Crippen MR) is 133 cm³/mol. The Bertz CT molecular complexity index is 1540. The molecule has 0 radical (unpaired) electrons. The summed E-state index contributed by atoms with van der Waals surface area (Å²) in [7, 11) is 0. The molecule has 2 N–H and O–H groups in total. The van der Waals surface area contributed by atoms with Crippen molar-refractivity contribution in [3.8, 4) is 17.2 Å². The average molecular weight is 562 g/mol. The lowest BCUT2D eigenvalue weighted by Gasteiger charge is -2.29. The van der Waals surface area contributed by atoms with Crippen molar-refractivity contribution in [1.82, 2.24) is 15.3 Å². The van der Waals surface area contributed by atoms with Gasteiger partial charge in [-0.1, -0.05) is 35.3 Å². The number of amides is 1. The number of rotatable bonds is 5. The first-order valence-corrected chi connectivity index (χ1v) is 11.8. The van der Waals surface area contributed by atoms with Crippen LogP contribution in [0.5, 0.6) is 17.2 Å². The van der Waals surface area contributed by atoms with Crippen molar-refractivity contribution in [2.24, 2.45) is 0 Å². The number of hydrogen-bond acceptors (Lipinski definition) is 5. The van der Waals surface area contributed by atoms with Crippen molar-refractivity contribution in [3.05, 3.63) is 115 Å². The van der Waals surface area contributed by atoms with Crippen LogP contribution in [-0.2, 0) is 12.8 Å². The van der Waals surface area contributed by atoms with E-state index in [1.165, 1.54) is 0 Å². The number of ether oxygens (including phenoxy) is 2. The highest BCUT2D eigenvalue weighted by molar-refractivity contribution is 6.31. The highest BCUT2D eigenvalue weighted by Gasteiger charge is 2.31. The average Bonchev–Trinajstić information content (AvgIpc) is 2.86. The topological polar surface area (TPSA) is 93.3 Å². The lowest BCUT2D eigenvalue weighted by atomic mass is 9.94. The molecule has 1 amide bonds. The van der Waals surface area contributed by atoms with Crippen LogP contribution in [0.3, 0.4) is 0 Å². The SMILES string of the molecule is O=C(NC1c2ccc(Cl)cc2Oc2cc(Cl)ccc21)c1cnc(COc2ccc(C(F)(F)F)cc2)[nH]c1=O. The minimum Gasteiger partial charge on any atom is -0.486 e. The molecule has 0 saturated heterocycles. The van der Waals surface area contributed by atoms with Gasteiger partial charge in [0.1, 0.15) is 35.2 Å². The molecule has 7 nitrogen and oxygen atoms in total. The number of fused-ring (bicyclic) bond motifs is 2. The summed E-state index contributed by atoms with van der Waals surface area (Å²) >= 11 is 12.2. The van der Waals surface area contributed by atoms with Gasteiger partial charge < -0.3 is 19.8 Å². The molecule has 4 aromatic rings. The number of nitrogens with zero attached hydrogens (tertiary/aromatic N) is 1. The largest absolute Gasteiger partial charge is 0.486 e. The van der Waals surface area contributed by atoms with Gasteiger partial charge in [0, 0.05) is 27.4 Å². The molecule has 38 heavy (non-hydrogen) atoms. The third-order valence-corrected chi connectivity index (χ3v) is 6.19. The minimum atomic E-state index is -4.46. The van der Waals surface area contributed by atoms with E-state index in [-0.39, 0.29) is 23.7 Å². The summed E-state index contributed by atoms with van der Waals surface area (Å²) in [6, 6.07) is 13.4. The van der Waals surface area contributed by atoms with Gasteiger partial charge in [-0.15, -0.1) is 0 Å². The summed E-state index contributed by atoms with van der Waals surface area (Å²) in [5.74, 6) is 0.403. The zero-order valence-corrected chi connectivity index (χ0v) is 20.6. The van der Waals surface area contributed by atoms with Crippen LogP contribution < -0.4 is 20.3 Å². The number of carbonyl (C=O) groups excluding carboxylic acids is 1. The Morgan fingerprint density at radius 2 is 1.61 bits per heavy atom. The van der Waals surface area contributed by atoms with Gasteiger partial charge in [0.2, 0.25) is 0 Å². The van der Waals surface area contributed by atoms with Crippen molar-refractivity contribution in [2.45, 2.75) is 18.8 Å². The molecule has 0 fully saturated rings. The van der Waals surface area contributed by atoms with Crippen molar-refractivity contribution in [2.75, 3.05) is 0 Å². The fourth-order valence-corrected chi connectivity index (χ4v) is 4.20. The van der Waals surface area contributed by atoms with Gasteiger partial charge in [-0.25, -0.2) is 4.98 Å². The zero-order valence-electron chi connectivity index (χ0n) is 19.1. The Hall–Kier alpha value is -4.02. The van der Waals surface area contributed by atoms with Crippen molar-refractivity contribution < 1.29 is 27.4 Å². The fraction of sp³-hybridized carbons (Fsp3) is 0.115. The summed E-state index contributed by atoms with van der Waals surface area (Å²) in [5, 5.41) is 3.71. The highest BCUT2D eigenvalue weighted by atomic mass is 35.5. The van der Waals surface area contributed by atoms with E-state index in [1.54, 1.807) is 36.4 Å². The number of aromatic amines is 1. The Morgan fingerprint density at radius 3 is 2.16 bits per heavy atom. The minimum absolute atomic E-state index is 0.0810. The normalized spacial score (nSPS) is 12.8. The lowest BCUT2D eigenvalue weighted by molar-refractivity contribution is -0.137. The number of alkyl halides is 3. The highest BCUT2D eigenvalue weighted by Crippen LogP contribution is 2.44. The molecular formula is C26H16Cl2F3N3O4. The first-order chi connectivity index (χ1) is 18.1. The number of H-pyrrole nitrogens is 1. The third-order valence-electron chi connectivity index (χ3n) is 5.72. The number of halogens is 5. The van der Waals surface area contributed by atoms with Crippen LogP contribution in [0.2, 0.25) is 10.0 Å². The molecule has 3 aromatic carbocycles. The first kappa shape index (κ1) is 25.6. The van der Waals surface area contributed by atoms with Gasteiger partial charge in [-0.3, -0.25) is 9.59 Å². The molecule has 2 heterocycles. The molecule has 1 aromatic heterocycles. The predicted octanol–water partition coefficient (Wildman–Crippen LogP) is 6.30. The van der Waals surface area contributed by atoms with E-state index in [2.05, 4.69) is 15.3 Å². The number of benzene rings is 3. The van der Waals surface area contributed by atoms with E-state index in [1.807, 2.05) is 0 Å². The zero-order chi connectivity index (χ0) is 27.0. The Morgan fingerprint density at radius 1 is 1.00 bits per heavy atom. The van der Waals surface area contributed by atoms with Crippen LogP contribution in [0.25, 0.3) is 0 Å². The van der Waals surface area contributed by atoms with Gasteiger partial charge in [0.25, 0.3) is 11.5 Å². The fourth-order valence-electron chi connectivity index (χ4n) is 3.88. The van der Waals surface area contributed by atoms with Gasteiger partial charge in [-0.2, -0.15) is 13.2 Å². The van der Waals surface area contributed by atoms with E-state index in [9.17, 15) is 22.8 Å². The molecule has 0 spiro atoms. The van der Waals surface area contributed by atoms with Gasteiger partial charge in [0.05, 0.1) is 11.6 Å². The summed E-state index contributed by atoms with van der Waals surface area (Å²) in [5.41, 5.74) is -0.524. The summed E-state index contributed by atoms with van der Waals surface area (Å²) in [4.78, 5) is 32.3. The van der Waals surface area contributed by atoms with Crippen molar-refractivity contribution in [1.29, 1.82) is 0 Å². The maximum absolute atomic E-state index is 13.1. The Labute approximate surface area is 223 Å². The van der Waals surface area contributed by atoms with E-state index in [4.69, 9.17) is 32.7 Å². The molecular weight excluding hydrogens is 546 g/mol. The van der Waals surface area contributed by atoms with Crippen molar-refractivity contribution in [3.63, 3.8) is 0 Å². The standard InChI is InChI=1S/C26H16Cl2F3N3O4/c27-14-3-7-17-20(9-14)38-21-10-15(28)4-8-18(21)23(17)34-25(36)19-11-32-22(33-24(19)35)12-37-16-5-1-13(2-6-16)26(29,30)31/h1-11,23H,12H2,(H,34,36)(H,32,33,35). The van der Waals surface area contributed by atoms with E-state index < -0.39 is 29.2 Å². The second-order valence-corrected chi connectivity index (χ2v) is 9.13. The van der Waals surface area contributed by atoms with Gasteiger partial charge in [-0.05, 0) is 48.5 Å². The smallest absolute Gasteiger partial charge is 0.416 e. The Kier molecular flexibility index (Phi) is 6.77. The molecule has 1 aliphatic rings. The quantitative estimate of drug-likeness (QED) is 0.298. The lowest BCUT2D eigenvalue weighted by Crippen LogP contribution is -2.35. The third kappa shape index (κ3) is 5.32. The van der Waals surface area contributed by atoms with E-state index in [0.717, 1.165) is 30.5 Å². The number of carbonyl (C=O) groups is 1. The van der Waals surface area contributed by atoms with Crippen molar-refractivity contribution >= 4 is 29.1 Å². The molecule has 0 unspecified atom stereocenters. The number of hydrogen-bond donors (Lipinski definition) is 2. The summed E-state index contributed by atoms with van der Waals surface area (Å²) in [6.45, 7) is -0.231. The Balaban J connectivity index is 1.33. The van der Waals surface area contributed by atoms with Crippen LogP contribution in [0.4, 0.5) is 13.2 Å². The second-order valence-electron chi connectivity index (χ2n) is 8.26. The molecule has 0 atom stereocenters. The summed E-state index contributed by atoms with van der Waals surface area (Å²) < 4.78 is 49.4. The number of aromatic nitrogens is 2. The van der Waals surface area contributed by atoms with Crippen LogP contribution in [0, 0.1) is 0 Å². The second kappa shape index (κ2) is 10.0. The maximum atomic E-state index is 13.1. The van der Waals surface area contributed by atoms with Gasteiger partial charge in [0.15, 0.2) is 0 Å².